The predicted molar refractivity (Wildman–Crippen MR) is 96.8 cm³/mol. The predicted octanol–water partition coefficient (Wildman–Crippen LogP) is 3.72. The molecule has 3 rings (SSSR count). The Labute approximate surface area is 151 Å². The average molecular weight is 367 g/mol. The third-order valence-corrected chi connectivity index (χ3v) is 4.95. The first-order valence-electron chi connectivity index (χ1n) is 7.92. The summed E-state index contributed by atoms with van der Waals surface area (Å²) in [5, 5.41) is 20.5. The van der Waals surface area contributed by atoms with Crippen molar-refractivity contribution in [3.8, 4) is 11.5 Å². The van der Waals surface area contributed by atoms with Crippen LogP contribution in [0.15, 0.2) is 36.4 Å². The Morgan fingerprint density at radius 2 is 1.29 bits per heavy atom. The fourth-order valence-corrected chi connectivity index (χ4v) is 3.47. The monoisotopic (exact) mass is 366 g/mol. The lowest BCUT2D eigenvalue weighted by Crippen LogP contribution is -2.45. The Morgan fingerprint density at radius 3 is 1.83 bits per heavy atom. The van der Waals surface area contributed by atoms with E-state index in [1.807, 2.05) is 6.07 Å². The molecule has 2 aromatic carbocycles. The first kappa shape index (κ1) is 17.4. The number of benzene rings is 2. The normalized spacial score (nSPS) is 16.4. The molecule has 6 heteroatoms. The molecule has 0 aromatic heterocycles. The van der Waals surface area contributed by atoms with Crippen LogP contribution in [0.1, 0.15) is 11.1 Å². The number of piperazine rings is 1. The van der Waals surface area contributed by atoms with Crippen LogP contribution in [0.5, 0.6) is 11.5 Å². The van der Waals surface area contributed by atoms with Crippen molar-refractivity contribution in [2.24, 2.45) is 0 Å². The molecule has 4 nitrogen and oxygen atoms in total. The van der Waals surface area contributed by atoms with Gasteiger partial charge in [0.2, 0.25) is 0 Å². The summed E-state index contributed by atoms with van der Waals surface area (Å²) < 4.78 is 0. The van der Waals surface area contributed by atoms with Gasteiger partial charge in [0.15, 0.2) is 0 Å². The van der Waals surface area contributed by atoms with Gasteiger partial charge in [-0.3, -0.25) is 9.80 Å². The molecule has 0 atom stereocenters. The van der Waals surface area contributed by atoms with E-state index in [0.29, 0.717) is 12.1 Å². The highest BCUT2D eigenvalue weighted by Gasteiger charge is 2.22. The van der Waals surface area contributed by atoms with Gasteiger partial charge in [0.25, 0.3) is 0 Å². The Morgan fingerprint density at radius 1 is 0.792 bits per heavy atom. The third kappa shape index (κ3) is 3.95. The molecule has 24 heavy (non-hydrogen) atoms. The summed E-state index contributed by atoms with van der Waals surface area (Å²) in [6, 6.07) is 11.8. The van der Waals surface area contributed by atoms with Crippen LogP contribution in [-0.4, -0.2) is 46.2 Å². The van der Waals surface area contributed by atoms with Crippen molar-refractivity contribution in [1.29, 1.82) is 0 Å². The second kappa shape index (κ2) is 7.62. The lowest BCUT2D eigenvalue weighted by molar-refractivity contribution is 0.120. The number of rotatable bonds is 4. The number of hydrogen-bond donors (Lipinski definition) is 2. The molecule has 1 saturated heterocycles. The highest BCUT2D eigenvalue weighted by Crippen LogP contribution is 2.40. The quantitative estimate of drug-likeness (QED) is 0.865. The third-order valence-electron chi connectivity index (χ3n) is 4.37. The number of halogens is 2. The summed E-state index contributed by atoms with van der Waals surface area (Å²) in [4.78, 5) is 4.58. The molecule has 0 amide bonds. The fraction of sp³-hybridized carbons (Fsp3) is 0.333. The summed E-state index contributed by atoms with van der Waals surface area (Å²) in [5.41, 5.74) is 1.70. The van der Waals surface area contributed by atoms with Crippen LogP contribution in [0.25, 0.3) is 0 Å². The molecular formula is C18H20Cl2N2O2. The van der Waals surface area contributed by atoms with Gasteiger partial charge in [-0.05, 0) is 11.6 Å². The highest BCUT2D eigenvalue weighted by molar-refractivity contribution is 6.36. The number of nitrogens with zero attached hydrogens (tertiary/aromatic N) is 2. The van der Waals surface area contributed by atoms with Crippen molar-refractivity contribution < 1.29 is 10.2 Å². The van der Waals surface area contributed by atoms with E-state index in [2.05, 4.69) is 34.1 Å². The Kier molecular flexibility index (Phi) is 5.51. The van der Waals surface area contributed by atoms with Gasteiger partial charge >= 0.3 is 0 Å². The smallest absolute Gasteiger partial charge is 0.142 e. The maximum absolute atomic E-state index is 10.1. The van der Waals surface area contributed by atoms with E-state index in [1.165, 1.54) is 11.6 Å². The van der Waals surface area contributed by atoms with Gasteiger partial charge in [-0.15, -0.1) is 0 Å². The van der Waals surface area contributed by atoms with Crippen molar-refractivity contribution >= 4 is 23.2 Å². The molecule has 1 aliphatic heterocycles. The molecule has 1 aliphatic rings. The second-order valence-corrected chi connectivity index (χ2v) is 6.87. The van der Waals surface area contributed by atoms with Gasteiger partial charge in [-0.2, -0.15) is 0 Å². The lowest BCUT2D eigenvalue weighted by atomic mass is 10.1. The summed E-state index contributed by atoms with van der Waals surface area (Å²) >= 11 is 11.9. The van der Waals surface area contributed by atoms with Gasteiger partial charge in [0, 0.05) is 39.3 Å². The molecule has 0 bridgehead atoms. The number of aromatic hydroxyl groups is 2. The molecule has 0 radical (unpaired) electrons. The number of phenols is 2. The molecule has 2 N–H and O–H groups in total. The van der Waals surface area contributed by atoms with Crippen LogP contribution in [-0.2, 0) is 13.1 Å². The van der Waals surface area contributed by atoms with E-state index in [0.717, 1.165) is 32.7 Å². The van der Waals surface area contributed by atoms with Gasteiger partial charge in [-0.25, -0.2) is 0 Å². The van der Waals surface area contributed by atoms with Gasteiger partial charge in [0.1, 0.15) is 11.5 Å². The maximum atomic E-state index is 10.1. The van der Waals surface area contributed by atoms with Crippen molar-refractivity contribution in [1.82, 2.24) is 9.80 Å². The summed E-state index contributed by atoms with van der Waals surface area (Å²) in [5.74, 6) is -0.185. The van der Waals surface area contributed by atoms with Crippen LogP contribution in [0.4, 0.5) is 0 Å². The zero-order chi connectivity index (χ0) is 17.1. The molecule has 1 fully saturated rings. The SMILES string of the molecule is Oc1c(Cl)cc(Cl)c(O)c1CN1CCN(Cc2ccccc2)CC1. The summed E-state index contributed by atoms with van der Waals surface area (Å²) in [7, 11) is 0. The van der Waals surface area contributed by atoms with Crippen molar-refractivity contribution in [2.45, 2.75) is 13.1 Å². The van der Waals surface area contributed by atoms with E-state index >= 15 is 0 Å². The topological polar surface area (TPSA) is 46.9 Å². The zero-order valence-electron chi connectivity index (χ0n) is 13.3. The minimum Gasteiger partial charge on any atom is -0.506 e. The molecule has 0 aliphatic carbocycles. The van der Waals surface area contributed by atoms with Crippen molar-refractivity contribution in [2.75, 3.05) is 26.2 Å². The minimum atomic E-state index is -0.0923. The largest absolute Gasteiger partial charge is 0.506 e. The van der Waals surface area contributed by atoms with Crippen molar-refractivity contribution in [3.05, 3.63) is 57.6 Å². The van der Waals surface area contributed by atoms with E-state index in [9.17, 15) is 10.2 Å². The van der Waals surface area contributed by atoms with Crippen LogP contribution in [0.2, 0.25) is 10.0 Å². The first-order chi connectivity index (χ1) is 11.5. The molecule has 0 unspecified atom stereocenters. The second-order valence-electron chi connectivity index (χ2n) is 6.05. The van der Waals surface area contributed by atoms with Crippen LogP contribution < -0.4 is 0 Å². The average Bonchev–Trinajstić information content (AvgIpc) is 2.59. The maximum Gasteiger partial charge on any atom is 0.142 e. The summed E-state index contributed by atoms with van der Waals surface area (Å²) in [6.45, 7) is 4.95. The minimum absolute atomic E-state index is 0.0923. The van der Waals surface area contributed by atoms with Crippen LogP contribution in [0.3, 0.4) is 0 Å². The van der Waals surface area contributed by atoms with Crippen LogP contribution >= 0.6 is 23.2 Å². The highest BCUT2D eigenvalue weighted by atomic mass is 35.5. The molecular weight excluding hydrogens is 347 g/mol. The van der Waals surface area contributed by atoms with Gasteiger partial charge < -0.3 is 10.2 Å². The zero-order valence-corrected chi connectivity index (χ0v) is 14.8. The molecule has 128 valence electrons. The molecule has 0 spiro atoms. The van der Waals surface area contributed by atoms with Crippen LogP contribution in [0, 0.1) is 0 Å². The lowest BCUT2D eigenvalue weighted by Gasteiger charge is -2.35. The fourth-order valence-electron chi connectivity index (χ4n) is 2.97. The van der Waals surface area contributed by atoms with Crippen molar-refractivity contribution in [3.63, 3.8) is 0 Å². The van der Waals surface area contributed by atoms with E-state index in [-0.39, 0.29) is 21.5 Å². The summed E-state index contributed by atoms with van der Waals surface area (Å²) in [6.07, 6.45) is 0. The Hall–Kier alpha value is -1.46. The standard InChI is InChI=1S/C18H20Cl2N2O2/c19-15-10-16(20)18(24)14(17(15)23)12-22-8-6-21(7-9-22)11-13-4-2-1-3-5-13/h1-5,10,23-24H,6-9,11-12H2. The molecule has 1 heterocycles. The molecule has 0 saturated carbocycles. The van der Waals surface area contributed by atoms with Gasteiger partial charge in [-0.1, -0.05) is 53.5 Å². The number of phenolic OH excluding ortho intramolecular Hbond substituents is 2. The van der Waals surface area contributed by atoms with E-state index in [1.54, 1.807) is 0 Å². The van der Waals surface area contributed by atoms with E-state index < -0.39 is 0 Å². The van der Waals surface area contributed by atoms with E-state index in [4.69, 9.17) is 23.2 Å². The Balaban J connectivity index is 1.60. The Bertz CT molecular complexity index is 676. The first-order valence-corrected chi connectivity index (χ1v) is 8.67. The molecule has 2 aromatic rings. The number of hydrogen-bond acceptors (Lipinski definition) is 4. The van der Waals surface area contributed by atoms with Gasteiger partial charge in [0.05, 0.1) is 15.6 Å².